The average molecular weight is 260 g/mol. The van der Waals surface area contributed by atoms with Crippen molar-refractivity contribution >= 4 is 5.96 Å². The van der Waals surface area contributed by atoms with Gasteiger partial charge in [-0.1, -0.05) is 24.3 Å². The molecule has 1 unspecified atom stereocenters. The maximum Gasteiger partial charge on any atom is 0.195 e. The molecule has 0 aromatic heterocycles. The standard InChI is InChI=1S/C14H20N4O/c1-13(2,19-3)10-6-4-5-7-11(10)14(16)8-9-17-12(15)18-14/h4-9H,16H2,1-3H3,(H3,15,17,18). The molecule has 1 atom stereocenters. The summed E-state index contributed by atoms with van der Waals surface area (Å²) in [5.41, 5.74) is 12.5. The summed E-state index contributed by atoms with van der Waals surface area (Å²) < 4.78 is 5.55. The molecule has 0 saturated carbocycles. The predicted molar refractivity (Wildman–Crippen MR) is 76.2 cm³/mol. The van der Waals surface area contributed by atoms with E-state index < -0.39 is 11.3 Å². The van der Waals surface area contributed by atoms with E-state index in [9.17, 15) is 0 Å². The van der Waals surface area contributed by atoms with Gasteiger partial charge in [0.05, 0.1) is 5.60 Å². The quantitative estimate of drug-likeness (QED) is 0.760. The molecule has 2 rings (SSSR count). The topological polar surface area (TPSA) is 85.7 Å². The molecule has 0 radical (unpaired) electrons. The zero-order valence-corrected chi connectivity index (χ0v) is 11.5. The molecule has 5 nitrogen and oxygen atoms in total. The number of hydrogen-bond donors (Lipinski definition) is 3. The van der Waals surface area contributed by atoms with Gasteiger partial charge in [-0.3, -0.25) is 5.73 Å². The highest BCUT2D eigenvalue weighted by Crippen LogP contribution is 2.34. The minimum atomic E-state index is -0.971. The van der Waals surface area contributed by atoms with Gasteiger partial charge in [0.2, 0.25) is 0 Å². The van der Waals surface area contributed by atoms with Gasteiger partial charge in [-0.05, 0) is 25.5 Å². The SMILES string of the molecule is COC(C)(C)c1ccccc1C1(N)C=CNC(N)=N1. The fourth-order valence-corrected chi connectivity index (χ4v) is 2.14. The van der Waals surface area contributed by atoms with E-state index in [1.54, 1.807) is 19.4 Å². The summed E-state index contributed by atoms with van der Waals surface area (Å²) >= 11 is 0. The van der Waals surface area contributed by atoms with Gasteiger partial charge in [-0.25, -0.2) is 4.99 Å². The van der Waals surface area contributed by atoms with Gasteiger partial charge in [0.15, 0.2) is 11.6 Å². The number of nitrogens with one attached hydrogen (secondary N) is 1. The van der Waals surface area contributed by atoms with E-state index >= 15 is 0 Å². The summed E-state index contributed by atoms with van der Waals surface area (Å²) in [5.74, 6) is 0.301. The molecule has 1 aromatic rings. The maximum atomic E-state index is 6.37. The van der Waals surface area contributed by atoms with Crippen molar-refractivity contribution in [1.29, 1.82) is 0 Å². The van der Waals surface area contributed by atoms with E-state index in [2.05, 4.69) is 10.3 Å². The van der Waals surface area contributed by atoms with Crippen molar-refractivity contribution in [3.63, 3.8) is 0 Å². The van der Waals surface area contributed by atoms with E-state index in [-0.39, 0.29) is 0 Å². The highest BCUT2D eigenvalue weighted by molar-refractivity contribution is 5.80. The monoisotopic (exact) mass is 260 g/mol. The first-order chi connectivity index (χ1) is 8.89. The van der Waals surface area contributed by atoms with Crippen LogP contribution in [0.25, 0.3) is 0 Å². The molecule has 1 aromatic carbocycles. The fourth-order valence-electron chi connectivity index (χ4n) is 2.14. The van der Waals surface area contributed by atoms with Gasteiger partial charge in [-0.15, -0.1) is 0 Å². The molecule has 1 aliphatic heterocycles. The van der Waals surface area contributed by atoms with Crippen LogP contribution < -0.4 is 16.8 Å². The molecule has 102 valence electrons. The van der Waals surface area contributed by atoms with Crippen LogP contribution in [0.2, 0.25) is 0 Å². The van der Waals surface area contributed by atoms with Crippen molar-refractivity contribution in [3.05, 3.63) is 47.7 Å². The number of guanidine groups is 1. The molecule has 19 heavy (non-hydrogen) atoms. The highest BCUT2D eigenvalue weighted by Gasteiger charge is 2.33. The molecule has 1 aliphatic rings. The first-order valence-electron chi connectivity index (χ1n) is 6.12. The Morgan fingerprint density at radius 2 is 2.00 bits per heavy atom. The van der Waals surface area contributed by atoms with Crippen LogP contribution in [0.3, 0.4) is 0 Å². The third-order valence-electron chi connectivity index (χ3n) is 3.39. The molecule has 0 fully saturated rings. The normalized spacial score (nSPS) is 22.8. The Kier molecular flexibility index (Phi) is 3.34. The lowest BCUT2D eigenvalue weighted by molar-refractivity contribution is 0.0178. The summed E-state index contributed by atoms with van der Waals surface area (Å²) in [5, 5.41) is 2.82. The third-order valence-corrected chi connectivity index (χ3v) is 3.39. The van der Waals surface area contributed by atoms with Crippen molar-refractivity contribution in [3.8, 4) is 0 Å². The first-order valence-corrected chi connectivity index (χ1v) is 6.12. The van der Waals surface area contributed by atoms with Gasteiger partial charge >= 0.3 is 0 Å². The van der Waals surface area contributed by atoms with Crippen LogP contribution in [0.5, 0.6) is 0 Å². The molecule has 5 heteroatoms. The summed E-state index contributed by atoms with van der Waals surface area (Å²) in [6.45, 7) is 3.99. The van der Waals surface area contributed by atoms with Gasteiger partial charge in [0, 0.05) is 18.9 Å². The average Bonchev–Trinajstić information content (AvgIpc) is 2.38. The second-order valence-corrected chi connectivity index (χ2v) is 5.06. The van der Waals surface area contributed by atoms with Crippen LogP contribution in [0.1, 0.15) is 25.0 Å². The van der Waals surface area contributed by atoms with Crippen molar-refractivity contribution in [1.82, 2.24) is 5.32 Å². The van der Waals surface area contributed by atoms with Crippen molar-refractivity contribution in [2.75, 3.05) is 7.11 Å². The van der Waals surface area contributed by atoms with Crippen LogP contribution in [0.15, 0.2) is 41.5 Å². The number of nitrogens with zero attached hydrogens (tertiary/aromatic N) is 1. The number of aliphatic imine (C=N–C) groups is 1. The smallest absolute Gasteiger partial charge is 0.195 e. The van der Waals surface area contributed by atoms with E-state index in [4.69, 9.17) is 16.2 Å². The summed E-state index contributed by atoms with van der Waals surface area (Å²) in [6, 6.07) is 7.83. The van der Waals surface area contributed by atoms with E-state index in [1.165, 1.54) is 0 Å². The number of rotatable bonds is 3. The Morgan fingerprint density at radius 3 is 2.63 bits per heavy atom. The van der Waals surface area contributed by atoms with Crippen LogP contribution in [-0.4, -0.2) is 13.1 Å². The molecule has 0 saturated heterocycles. The van der Waals surface area contributed by atoms with Crippen LogP contribution in [0, 0.1) is 0 Å². The lowest BCUT2D eigenvalue weighted by Crippen LogP contribution is -2.43. The van der Waals surface area contributed by atoms with E-state index in [0.29, 0.717) is 5.96 Å². The van der Waals surface area contributed by atoms with Gasteiger partial charge in [0.1, 0.15) is 0 Å². The predicted octanol–water partition coefficient (Wildman–Crippen LogP) is 1.11. The molecule has 0 bridgehead atoms. The number of methoxy groups -OCH3 is 1. The van der Waals surface area contributed by atoms with Crippen LogP contribution in [0.4, 0.5) is 0 Å². The number of nitrogens with two attached hydrogens (primary N) is 2. The van der Waals surface area contributed by atoms with Crippen molar-refractivity contribution in [2.24, 2.45) is 16.5 Å². The van der Waals surface area contributed by atoms with E-state index in [1.807, 2.05) is 38.1 Å². The molecule has 1 heterocycles. The molecule has 0 spiro atoms. The lowest BCUT2D eigenvalue weighted by atomic mass is 9.86. The van der Waals surface area contributed by atoms with Crippen molar-refractivity contribution < 1.29 is 4.74 Å². The summed E-state index contributed by atoms with van der Waals surface area (Å²) in [4.78, 5) is 4.31. The molecule has 0 aliphatic carbocycles. The second kappa shape index (κ2) is 4.68. The Balaban J connectivity index is 2.58. The fraction of sp³-hybridized carbons (Fsp3) is 0.357. The van der Waals surface area contributed by atoms with Crippen LogP contribution in [-0.2, 0) is 16.0 Å². The number of hydrogen-bond acceptors (Lipinski definition) is 5. The Morgan fingerprint density at radius 1 is 1.32 bits per heavy atom. The van der Waals surface area contributed by atoms with Crippen LogP contribution >= 0.6 is 0 Å². The largest absolute Gasteiger partial charge is 0.374 e. The van der Waals surface area contributed by atoms with Gasteiger partial charge < -0.3 is 15.8 Å². The Labute approximate surface area is 113 Å². The first kappa shape index (κ1) is 13.6. The zero-order valence-electron chi connectivity index (χ0n) is 11.5. The highest BCUT2D eigenvalue weighted by atomic mass is 16.5. The second-order valence-electron chi connectivity index (χ2n) is 5.06. The Hall–Kier alpha value is -1.85. The molecular weight excluding hydrogens is 240 g/mol. The lowest BCUT2D eigenvalue weighted by Gasteiger charge is -2.33. The van der Waals surface area contributed by atoms with Gasteiger partial charge in [0.25, 0.3) is 0 Å². The van der Waals surface area contributed by atoms with Crippen molar-refractivity contribution in [2.45, 2.75) is 25.1 Å². The molecule has 5 N–H and O–H groups in total. The molecule has 0 amide bonds. The third kappa shape index (κ3) is 2.47. The summed E-state index contributed by atoms with van der Waals surface area (Å²) in [6.07, 6.45) is 3.49. The number of benzene rings is 1. The van der Waals surface area contributed by atoms with E-state index in [0.717, 1.165) is 11.1 Å². The summed E-state index contributed by atoms with van der Waals surface area (Å²) in [7, 11) is 1.68. The molecular formula is C14H20N4O. The zero-order chi connectivity index (χ0) is 14.1. The Bertz CT molecular complexity index is 536. The maximum absolute atomic E-state index is 6.37. The van der Waals surface area contributed by atoms with Gasteiger partial charge in [-0.2, -0.15) is 0 Å². The minimum Gasteiger partial charge on any atom is -0.374 e. The minimum absolute atomic E-state index is 0.301. The number of ether oxygens (including phenoxy) is 1.